The molecule has 6 heteroatoms. The van der Waals surface area contributed by atoms with Gasteiger partial charge in [0.25, 0.3) is 0 Å². The minimum atomic E-state index is -3.23. The van der Waals surface area contributed by atoms with E-state index < -0.39 is 10.0 Å². The Balaban J connectivity index is 2.04. The van der Waals surface area contributed by atoms with Gasteiger partial charge in [-0.3, -0.25) is 4.72 Å². The van der Waals surface area contributed by atoms with Gasteiger partial charge < -0.3 is 4.74 Å². The van der Waals surface area contributed by atoms with Crippen LogP contribution in [0.1, 0.15) is 12.8 Å². The number of benzene rings is 1. The van der Waals surface area contributed by atoms with Crippen LogP contribution in [0.5, 0.6) is 5.75 Å². The third-order valence-electron chi connectivity index (χ3n) is 2.41. The highest BCUT2D eigenvalue weighted by Gasteiger charge is 2.22. The Morgan fingerprint density at radius 2 is 2.18 bits per heavy atom. The predicted molar refractivity (Wildman–Crippen MR) is 70.8 cm³/mol. The van der Waals surface area contributed by atoms with Crippen molar-refractivity contribution < 1.29 is 13.2 Å². The Labute approximate surface area is 110 Å². The van der Waals surface area contributed by atoms with Crippen LogP contribution in [-0.2, 0) is 10.0 Å². The predicted octanol–water partition coefficient (Wildman–Crippen LogP) is 2.61. The molecule has 2 rings (SSSR count). The van der Waals surface area contributed by atoms with Crippen molar-refractivity contribution in [1.82, 2.24) is 0 Å². The molecule has 0 atom stereocenters. The summed E-state index contributed by atoms with van der Waals surface area (Å²) in [5.41, 5.74) is 0.526. The molecular formula is C11H14BrNO3S. The number of anilines is 1. The number of halogens is 1. The van der Waals surface area contributed by atoms with Gasteiger partial charge in [-0.2, -0.15) is 0 Å². The quantitative estimate of drug-likeness (QED) is 0.907. The van der Waals surface area contributed by atoms with Crippen LogP contribution in [0.25, 0.3) is 0 Å². The first-order valence-corrected chi connectivity index (χ1v) is 8.02. The Hall–Kier alpha value is -0.750. The van der Waals surface area contributed by atoms with Crippen LogP contribution in [0.3, 0.4) is 0 Å². The molecule has 1 fully saturated rings. The lowest BCUT2D eigenvalue weighted by molar-refractivity contribution is 0.298. The average molecular weight is 320 g/mol. The van der Waals surface area contributed by atoms with Gasteiger partial charge in [0.05, 0.1) is 17.3 Å². The molecular weight excluding hydrogens is 306 g/mol. The summed E-state index contributed by atoms with van der Waals surface area (Å²) in [6, 6.07) is 5.15. The molecule has 1 aromatic rings. The van der Waals surface area contributed by atoms with E-state index in [0.29, 0.717) is 11.6 Å². The maximum atomic E-state index is 11.1. The summed E-state index contributed by atoms with van der Waals surface area (Å²) < 4.78 is 30.9. The van der Waals surface area contributed by atoms with E-state index in [9.17, 15) is 8.42 Å². The van der Waals surface area contributed by atoms with Crippen LogP contribution in [0.2, 0.25) is 0 Å². The Morgan fingerprint density at radius 3 is 2.71 bits per heavy atom. The number of ether oxygens (including phenoxy) is 1. The molecule has 94 valence electrons. The fraction of sp³-hybridized carbons (Fsp3) is 0.455. The summed E-state index contributed by atoms with van der Waals surface area (Å²) in [6.07, 6.45) is 3.61. The number of hydrogen-bond donors (Lipinski definition) is 1. The van der Waals surface area contributed by atoms with Gasteiger partial charge in [0.2, 0.25) is 10.0 Å². The molecule has 0 amide bonds. The Morgan fingerprint density at radius 1 is 1.47 bits per heavy atom. The molecule has 1 aliphatic rings. The van der Waals surface area contributed by atoms with E-state index in [1.807, 2.05) is 0 Å². The molecule has 0 radical (unpaired) electrons. The zero-order chi connectivity index (χ0) is 12.5. The van der Waals surface area contributed by atoms with Gasteiger partial charge in [-0.05, 0) is 52.9 Å². The van der Waals surface area contributed by atoms with Crippen molar-refractivity contribution in [2.75, 3.05) is 17.6 Å². The first kappa shape index (κ1) is 12.7. The highest BCUT2D eigenvalue weighted by Crippen LogP contribution is 2.33. The molecule has 1 aromatic carbocycles. The average Bonchev–Trinajstić information content (AvgIpc) is 2.97. The van der Waals surface area contributed by atoms with E-state index in [0.717, 1.165) is 23.1 Å². The summed E-state index contributed by atoms with van der Waals surface area (Å²) in [5.74, 6) is 1.44. The van der Waals surface area contributed by atoms with E-state index in [2.05, 4.69) is 20.7 Å². The summed E-state index contributed by atoms with van der Waals surface area (Å²) in [7, 11) is -3.23. The van der Waals surface area contributed by atoms with E-state index in [-0.39, 0.29) is 0 Å². The van der Waals surface area contributed by atoms with Crippen molar-refractivity contribution in [2.45, 2.75) is 12.8 Å². The van der Waals surface area contributed by atoms with E-state index in [1.54, 1.807) is 18.2 Å². The Kier molecular flexibility index (Phi) is 3.63. The van der Waals surface area contributed by atoms with Gasteiger partial charge in [0.15, 0.2) is 0 Å². The third kappa shape index (κ3) is 4.20. The second-order valence-electron chi connectivity index (χ2n) is 4.27. The van der Waals surface area contributed by atoms with Crippen molar-refractivity contribution in [3.05, 3.63) is 22.7 Å². The van der Waals surface area contributed by atoms with E-state index in [4.69, 9.17) is 4.74 Å². The SMILES string of the molecule is CS(=O)(=O)Nc1ccc(OCC2CC2)c(Br)c1. The highest BCUT2D eigenvalue weighted by molar-refractivity contribution is 9.10. The molecule has 1 N–H and O–H groups in total. The third-order valence-corrected chi connectivity index (χ3v) is 3.63. The van der Waals surface area contributed by atoms with Gasteiger partial charge in [-0.1, -0.05) is 0 Å². The number of sulfonamides is 1. The van der Waals surface area contributed by atoms with Crippen molar-refractivity contribution in [3.63, 3.8) is 0 Å². The normalized spacial score (nSPS) is 15.6. The standard InChI is InChI=1S/C11H14BrNO3S/c1-17(14,15)13-9-4-5-11(10(12)6-9)16-7-8-2-3-8/h4-6,8,13H,2-3,7H2,1H3. The van der Waals surface area contributed by atoms with E-state index in [1.165, 1.54) is 12.8 Å². The molecule has 0 spiro atoms. The summed E-state index contributed by atoms with van der Waals surface area (Å²) >= 11 is 3.37. The largest absolute Gasteiger partial charge is 0.492 e. The molecule has 4 nitrogen and oxygen atoms in total. The van der Waals surface area contributed by atoms with Crippen molar-refractivity contribution in [2.24, 2.45) is 5.92 Å². The Bertz CT molecular complexity index is 511. The zero-order valence-corrected chi connectivity index (χ0v) is 11.8. The van der Waals surface area contributed by atoms with Crippen LogP contribution in [0.4, 0.5) is 5.69 Å². The first-order valence-electron chi connectivity index (χ1n) is 5.34. The lowest BCUT2D eigenvalue weighted by atomic mass is 10.3. The molecule has 0 bridgehead atoms. The van der Waals surface area contributed by atoms with Gasteiger partial charge in [0.1, 0.15) is 5.75 Å². The number of nitrogens with one attached hydrogen (secondary N) is 1. The van der Waals surface area contributed by atoms with Crippen molar-refractivity contribution >= 4 is 31.6 Å². The maximum Gasteiger partial charge on any atom is 0.229 e. The van der Waals surface area contributed by atoms with Crippen LogP contribution in [0.15, 0.2) is 22.7 Å². The molecule has 0 heterocycles. The van der Waals surface area contributed by atoms with Gasteiger partial charge in [-0.15, -0.1) is 0 Å². The molecule has 0 aliphatic heterocycles. The van der Waals surface area contributed by atoms with Gasteiger partial charge >= 0.3 is 0 Å². The fourth-order valence-electron chi connectivity index (χ4n) is 1.39. The van der Waals surface area contributed by atoms with Gasteiger partial charge in [-0.25, -0.2) is 8.42 Å². The molecule has 17 heavy (non-hydrogen) atoms. The molecule has 0 unspecified atom stereocenters. The van der Waals surface area contributed by atoms with Crippen LogP contribution in [-0.4, -0.2) is 21.3 Å². The fourth-order valence-corrected chi connectivity index (χ4v) is 2.44. The summed E-state index contributed by atoms with van der Waals surface area (Å²) in [6.45, 7) is 0.734. The molecule has 1 aliphatic carbocycles. The minimum absolute atomic E-state index is 0.526. The highest BCUT2D eigenvalue weighted by atomic mass is 79.9. The number of rotatable bonds is 5. The lowest BCUT2D eigenvalue weighted by Crippen LogP contribution is -2.09. The molecule has 0 saturated heterocycles. The van der Waals surface area contributed by atoms with Crippen LogP contribution < -0.4 is 9.46 Å². The van der Waals surface area contributed by atoms with E-state index >= 15 is 0 Å². The maximum absolute atomic E-state index is 11.1. The zero-order valence-electron chi connectivity index (χ0n) is 9.44. The van der Waals surface area contributed by atoms with Crippen molar-refractivity contribution in [1.29, 1.82) is 0 Å². The lowest BCUT2D eigenvalue weighted by Gasteiger charge is -2.09. The van der Waals surface area contributed by atoms with Crippen LogP contribution >= 0.6 is 15.9 Å². The summed E-state index contributed by atoms with van der Waals surface area (Å²) in [4.78, 5) is 0. The first-order chi connectivity index (χ1) is 7.94. The monoisotopic (exact) mass is 319 g/mol. The second kappa shape index (κ2) is 4.86. The van der Waals surface area contributed by atoms with Crippen LogP contribution in [0, 0.1) is 5.92 Å². The van der Waals surface area contributed by atoms with Gasteiger partial charge in [0, 0.05) is 5.69 Å². The topological polar surface area (TPSA) is 55.4 Å². The van der Waals surface area contributed by atoms with Crippen molar-refractivity contribution in [3.8, 4) is 5.75 Å². The molecule has 1 saturated carbocycles. The second-order valence-corrected chi connectivity index (χ2v) is 6.88. The minimum Gasteiger partial charge on any atom is -0.492 e. The molecule has 0 aromatic heterocycles. The smallest absolute Gasteiger partial charge is 0.229 e. The number of hydrogen-bond acceptors (Lipinski definition) is 3. The summed E-state index contributed by atoms with van der Waals surface area (Å²) in [5, 5.41) is 0.